The zero-order chi connectivity index (χ0) is 18.1. The fraction of sp³-hybridized carbons (Fsp3) is 0.500. The van der Waals surface area contributed by atoms with Crippen molar-refractivity contribution >= 4 is 17.5 Å². The SMILES string of the molecule is O=C(c1ccc(F)cc1Cl)N1CCCC(c2nccn2CC2CCC2)C1. The van der Waals surface area contributed by atoms with Gasteiger partial charge < -0.3 is 9.47 Å². The van der Waals surface area contributed by atoms with Gasteiger partial charge in [0.05, 0.1) is 10.6 Å². The molecule has 138 valence electrons. The van der Waals surface area contributed by atoms with Gasteiger partial charge in [-0.2, -0.15) is 0 Å². The molecule has 2 fully saturated rings. The zero-order valence-corrected chi connectivity index (χ0v) is 15.5. The van der Waals surface area contributed by atoms with E-state index in [-0.39, 0.29) is 16.8 Å². The van der Waals surface area contributed by atoms with Crippen LogP contribution >= 0.6 is 11.6 Å². The Morgan fingerprint density at radius 1 is 1.27 bits per heavy atom. The van der Waals surface area contributed by atoms with E-state index in [4.69, 9.17) is 11.6 Å². The molecule has 1 unspecified atom stereocenters. The molecule has 4 nitrogen and oxygen atoms in total. The molecule has 0 spiro atoms. The number of halogens is 2. The quantitative estimate of drug-likeness (QED) is 0.789. The highest BCUT2D eigenvalue weighted by Crippen LogP contribution is 2.32. The summed E-state index contributed by atoms with van der Waals surface area (Å²) in [6.07, 6.45) is 9.83. The normalized spacial score (nSPS) is 20.8. The van der Waals surface area contributed by atoms with Crippen LogP contribution in [0.25, 0.3) is 0 Å². The average molecular weight is 376 g/mol. The minimum Gasteiger partial charge on any atom is -0.338 e. The fourth-order valence-corrected chi connectivity index (χ4v) is 4.24. The van der Waals surface area contributed by atoms with E-state index in [1.54, 1.807) is 0 Å². The van der Waals surface area contributed by atoms with Gasteiger partial charge in [0.1, 0.15) is 11.6 Å². The topological polar surface area (TPSA) is 38.1 Å². The predicted molar refractivity (Wildman–Crippen MR) is 98.9 cm³/mol. The summed E-state index contributed by atoms with van der Waals surface area (Å²) < 4.78 is 15.5. The van der Waals surface area contributed by atoms with Crippen molar-refractivity contribution in [2.24, 2.45) is 5.92 Å². The summed E-state index contributed by atoms with van der Waals surface area (Å²) in [6.45, 7) is 2.37. The lowest BCUT2D eigenvalue weighted by Crippen LogP contribution is -2.40. The molecular formula is C20H23ClFN3O. The Morgan fingerprint density at radius 3 is 2.85 bits per heavy atom. The zero-order valence-electron chi connectivity index (χ0n) is 14.7. The van der Waals surface area contributed by atoms with Gasteiger partial charge in [-0.05, 0) is 49.8 Å². The molecule has 1 aliphatic carbocycles. The van der Waals surface area contributed by atoms with Crippen LogP contribution in [-0.4, -0.2) is 33.4 Å². The van der Waals surface area contributed by atoms with E-state index in [9.17, 15) is 9.18 Å². The van der Waals surface area contributed by atoms with Crippen molar-refractivity contribution in [2.45, 2.75) is 44.6 Å². The second-order valence-corrected chi connectivity index (χ2v) is 7.86. The van der Waals surface area contributed by atoms with Gasteiger partial charge in [0.25, 0.3) is 5.91 Å². The maximum absolute atomic E-state index is 13.3. The molecule has 1 aromatic carbocycles. The standard InChI is InChI=1S/C20H23ClFN3O/c21-18-11-16(22)6-7-17(18)20(26)25-9-2-5-15(13-25)19-23-8-10-24(19)12-14-3-1-4-14/h6-8,10-11,14-15H,1-5,9,12-13H2. The van der Waals surface area contributed by atoms with Crippen molar-refractivity contribution in [3.05, 3.63) is 52.8 Å². The van der Waals surface area contributed by atoms with E-state index in [0.29, 0.717) is 18.7 Å². The van der Waals surface area contributed by atoms with Crippen LogP contribution in [0.1, 0.15) is 54.2 Å². The molecule has 1 saturated heterocycles. The summed E-state index contributed by atoms with van der Waals surface area (Å²) in [5, 5.41) is 0.170. The fourth-order valence-electron chi connectivity index (χ4n) is 3.99. The van der Waals surface area contributed by atoms with Crippen molar-refractivity contribution in [3.63, 3.8) is 0 Å². The van der Waals surface area contributed by atoms with Crippen LogP contribution < -0.4 is 0 Å². The Bertz CT molecular complexity index is 802. The van der Waals surface area contributed by atoms with Crippen LogP contribution in [0.3, 0.4) is 0 Å². The monoisotopic (exact) mass is 375 g/mol. The second-order valence-electron chi connectivity index (χ2n) is 7.45. The number of rotatable bonds is 4. The molecule has 1 saturated carbocycles. The smallest absolute Gasteiger partial charge is 0.255 e. The van der Waals surface area contributed by atoms with Crippen molar-refractivity contribution in [1.29, 1.82) is 0 Å². The summed E-state index contributed by atoms with van der Waals surface area (Å²) in [7, 11) is 0. The third kappa shape index (κ3) is 3.50. The summed E-state index contributed by atoms with van der Waals surface area (Å²) in [5.74, 6) is 1.53. The number of hydrogen-bond donors (Lipinski definition) is 0. The number of benzene rings is 1. The number of likely N-dealkylation sites (tertiary alicyclic amines) is 1. The first-order valence-electron chi connectivity index (χ1n) is 9.37. The lowest BCUT2D eigenvalue weighted by Gasteiger charge is -2.34. The van der Waals surface area contributed by atoms with Crippen LogP contribution in [0.4, 0.5) is 4.39 Å². The molecule has 2 aliphatic rings. The van der Waals surface area contributed by atoms with Crippen LogP contribution in [0.5, 0.6) is 0 Å². The average Bonchev–Trinajstić information content (AvgIpc) is 3.06. The number of imidazole rings is 1. The molecule has 2 heterocycles. The lowest BCUT2D eigenvalue weighted by molar-refractivity contribution is 0.0702. The van der Waals surface area contributed by atoms with Crippen LogP contribution in [0.15, 0.2) is 30.6 Å². The van der Waals surface area contributed by atoms with E-state index in [2.05, 4.69) is 15.7 Å². The number of amides is 1. The van der Waals surface area contributed by atoms with Crippen molar-refractivity contribution < 1.29 is 9.18 Å². The number of piperidine rings is 1. The Morgan fingerprint density at radius 2 is 2.12 bits per heavy atom. The van der Waals surface area contributed by atoms with Gasteiger partial charge >= 0.3 is 0 Å². The van der Waals surface area contributed by atoms with Gasteiger partial charge in [-0.15, -0.1) is 0 Å². The molecule has 6 heteroatoms. The Kier molecular flexibility index (Phi) is 4.98. The second kappa shape index (κ2) is 7.39. The molecule has 4 rings (SSSR count). The van der Waals surface area contributed by atoms with E-state index in [0.717, 1.165) is 31.1 Å². The van der Waals surface area contributed by atoms with Gasteiger partial charge in [-0.25, -0.2) is 9.37 Å². The summed E-state index contributed by atoms with van der Waals surface area (Å²) >= 11 is 6.08. The molecule has 0 bridgehead atoms. The van der Waals surface area contributed by atoms with E-state index in [1.165, 1.54) is 37.5 Å². The number of carbonyl (C=O) groups excluding carboxylic acids is 1. The van der Waals surface area contributed by atoms with Crippen LogP contribution in [0.2, 0.25) is 5.02 Å². The molecule has 1 atom stereocenters. The van der Waals surface area contributed by atoms with E-state index in [1.807, 2.05) is 11.1 Å². The van der Waals surface area contributed by atoms with Crippen LogP contribution in [-0.2, 0) is 6.54 Å². The van der Waals surface area contributed by atoms with E-state index < -0.39 is 5.82 Å². The summed E-state index contributed by atoms with van der Waals surface area (Å²) in [5.41, 5.74) is 0.367. The highest BCUT2D eigenvalue weighted by Gasteiger charge is 2.29. The maximum Gasteiger partial charge on any atom is 0.255 e. The first kappa shape index (κ1) is 17.5. The van der Waals surface area contributed by atoms with Crippen molar-refractivity contribution in [3.8, 4) is 0 Å². The third-order valence-electron chi connectivity index (χ3n) is 5.66. The molecular weight excluding hydrogens is 353 g/mol. The van der Waals surface area contributed by atoms with Gasteiger partial charge in [-0.3, -0.25) is 4.79 Å². The highest BCUT2D eigenvalue weighted by molar-refractivity contribution is 6.33. The first-order valence-corrected chi connectivity index (χ1v) is 9.75. The molecule has 1 aromatic heterocycles. The molecule has 2 aromatic rings. The number of aromatic nitrogens is 2. The van der Waals surface area contributed by atoms with Gasteiger partial charge in [0, 0.05) is 37.9 Å². The van der Waals surface area contributed by atoms with Crippen molar-refractivity contribution in [2.75, 3.05) is 13.1 Å². The summed E-state index contributed by atoms with van der Waals surface area (Å²) in [6, 6.07) is 3.95. The van der Waals surface area contributed by atoms with Gasteiger partial charge in [-0.1, -0.05) is 18.0 Å². The molecule has 0 N–H and O–H groups in total. The molecule has 26 heavy (non-hydrogen) atoms. The van der Waals surface area contributed by atoms with Gasteiger partial charge in [0.2, 0.25) is 0 Å². The third-order valence-corrected chi connectivity index (χ3v) is 5.98. The van der Waals surface area contributed by atoms with E-state index >= 15 is 0 Å². The molecule has 0 radical (unpaired) electrons. The minimum absolute atomic E-state index is 0.128. The Labute approximate surface area is 158 Å². The predicted octanol–water partition coefficient (Wildman–Crippen LogP) is 4.50. The molecule has 1 amide bonds. The summed E-state index contributed by atoms with van der Waals surface area (Å²) in [4.78, 5) is 19.3. The maximum atomic E-state index is 13.3. The number of carbonyl (C=O) groups is 1. The molecule has 1 aliphatic heterocycles. The highest BCUT2D eigenvalue weighted by atomic mass is 35.5. The van der Waals surface area contributed by atoms with Crippen molar-refractivity contribution in [1.82, 2.24) is 14.5 Å². The van der Waals surface area contributed by atoms with Crippen LogP contribution in [0, 0.1) is 11.7 Å². The number of hydrogen-bond acceptors (Lipinski definition) is 2. The van der Waals surface area contributed by atoms with Gasteiger partial charge in [0.15, 0.2) is 0 Å². The number of nitrogens with zero attached hydrogens (tertiary/aromatic N) is 3. The Balaban J connectivity index is 1.49. The minimum atomic E-state index is -0.430. The Hall–Kier alpha value is -1.88. The lowest BCUT2D eigenvalue weighted by atomic mass is 9.85. The first-order chi connectivity index (χ1) is 12.6. The largest absolute Gasteiger partial charge is 0.338 e.